The van der Waals surface area contributed by atoms with Gasteiger partial charge in [-0.05, 0) is 60.4 Å². The SMILES string of the molecule is COc1ccc(CCN2C(=O)C(=Cc3ccc(N(C)C)cc3)C(C)=C(C#N)C2=O)cc1OC. The zero-order chi connectivity index (χ0) is 24.1. The monoisotopic (exact) mass is 445 g/mol. The molecular weight excluding hydrogens is 418 g/mol. The van der Waals surface area contributed by atoms with Crippen molar-refractivity contribution in [3.8, 4) is 17.6 Å². The second kappa shape index (κ2) is 10.0. The van der Waals surface area contributed by atoms with E-state index in [9.17, 15) is 14.9 Å². The number of carbonyl (C=O) groups is 2. The van der Waals surface area contributed by atoms with Crippen LogP contribution in [0.4, 0.5) is 5.69 Å². The fourth-order valence-electron chi connectivity index (χ4n) is 3.65. The summed E-state index contributed by atoms with van der Waals surface area (Å²) in [6.07, 6.45) is 2.14. The molecule has 0 unspecified atom stereocenters. The molecule has 0 aromatic heterocycles. The standard InChI is InChI=1S/C26H27N3O4/c1-17-21(14-18-6-9-20(10-7-18)28(2)3)25(30)29(26(31)22(17)16-27)13-12-19-8-11-23(32-4)24(15-19)33-5/h6-11,14-15H,12-13H2,1-5H3. The number of imide groups is 1. The van der Waals surface area contributed by atoms with Crippen molar-refractivity contribution in [2.45, 2.75) is 13.3 Å². The maximum atomic E-state index is 13.3. The maximum Gasteiger partial charge on any atom is 0.271 e. The molecule has 1 aliphatic heterocycles. The van der Waals surface area contributed by atoms with Crippen LogP contribution in [0.3, 0.4) is 0 Å². The van der Waals surface area contributed by atoms with Crippen molar-refractivity contribution in [3.63, 3.8) is 0 Å². The van der Waals surface area contributed by atoms with Crippen molar-refractivity contribution in [1.82, 2.24) is 4.90 Å². The first kappa shape index (κ1) is 23.6. The lowest BCUT2D eigenvalue weighted by atomic mass is 9.93. The van der Waals surface area contributed by atoms with E-state index in [0.29, 0.717) is 29.1 Å². The number of hydrogen-bond donors (Lipinski definition) is 0. The smallest absolute Gasteiger partial charge is 0.271 e. The highest BCUT2D eigenvalue weighted by molar-refractivity contribution is 6.19. The fourth-order valence-corrected chi connectivity index (χ4v) is 3.65. The molecule has 2 aromatic rings. The summed E-state index contributed by atoms with van der Waals surface area (Å²) < 4.78 is 10.6. The Labute approximate surface area is 194 Å². The van der Waals surface area contributed by atoms with Gasteiger partial charge in [-0.3, -0.25) is 14.5 Å². The number of amides is 2. The highest BCUT2D eigenvalue weighted by atomic mass is 16.5. The molecule has 0 N–H and O–H groups in total. The Morgan fingerprint density at radius 2 is 1.67 bits per heavy atom. The van der Waals surface area contributed by atoms with E-state index in [4.69, 9.17) is 9.47 Å². The summed E-state index contributed by atoms with van der Waals surface area (Å²) in [5, 5.41) is 9.60. The third-order valence-corrected chi connectivity index (χ3v) is 5.62. The number of anilines is 1. The lowest BCUT2D eigenvalue weighted by molar-refractivity contribution is -0.140. The number of methoxy groups -OCH3 is 2. The van der Waals surface area contributed by atoms with Crippen molar-refractivity contribution >= 4 is 23.6 Å². The van der Waals surface area contributed by atoms with Crippen LogP contribution in [-0.4, -0.2) is 51.6 Å². The summed E-state index contributed by atoms with van der Waals surface area (Å²) in [5.41, 5.74) is 3.45. The second-order valence-electron chi connectivity index (χ2n) is 7.86. The number of hydrogen-bond acceptors (Lipinski definition) is 6. The minimum atomic E-state index is -0.569. The molecular formula is C26H27N3O4. The average molecular weight is 446 g/mol. The first-order valence-corrected chi connectivity index (χ1v) is 10.5. The molecule has 0 atom stereocenters. The molecule has 1 heterocycles. The van der Waals surface area contributed by atoms with Crippen molar-refractivity contribution in [1.29, 1.82) is 5.26 Å². The summed E-state index contributed by atoms with van der Waals surface area (Å²) in [7, 11) is 7.01. The first-order valence-electron chi connectivity index (χ1n) is 10.5. The molecule has 0 saturated heterocycles. The highest BCUT2D eigenvalue weighted by Gasteiger charge is 2.35. The quantitative estimate of drug-likeness (QED) is 0.478. The molecule has 3 rings (SSSR count). The van der Waals surface area contributed by atoms with Gasteiger partial charge in [0.25, 0.3) is 11.8 Å². The van der Waals surface area contributed by atoms with Gasteiger partial charge in [0, 0.05) is 31.9 Å². The van der Waals surface area contributed by atoms with E-state index in [2.05, 4.69) is 0 Å². The van der Waals surface area contributed by atoms with Gasteiger partial charge in [0.2, 0.25) is 0 Å². The van der Waals surface area contributed by atoms with Gasteiger partial charge in [0.1, 0.15) is 11.6 Å². The zero-order valence-corrected chi connectivity index (χ0v) is 19.5. The number of benzene rings is 2. The van der Waals surface area contributed by atoms with Crippen LogP contribution in [0.15, 0.2) is 59.2 Å². The minimum Gasteiger partial charge on any atom is -0.493 e. The van der Waals surface area contributed by atoms with Crippen LogP contribution in [0, 0.1) is 11.3 Å². The molecule has 0 radical (unpaired) electrons. The molecule has 33 heavy (non-hydrogen) atoms. The lowest BCUT2D eigenvalue weighted by Gasteiger charge is -2.27. The third-order valence-electron chi connectivity index (χ3n) is 5.62. The Morgan fingerprint density at radius 1 is 1.00 bits per heavy atom. The summed E-state index contributed by atoms with van der Waals surface area (Å²) in [6, 6.07) is 15.1. The van der Waals surface area contributed by atoms with Crippen molar-refractivity contribution in [2.75, 3.05) is 39.8 Å². The molecule has 2 aromatic carbocycles. The number of carbonyl (C=O) groups excluding carboxylic acids is 2. The Bertz CT molecular complexity index is 1170. The van der Waals surface area contributed by atoms with Crippen LogP contribution in [0.2, 0.25) is 0 Å². The molecule has 0 aliphatic carbocycles. The molecule has 2 amide bonds. The van der Waals surface area contributed by atoms with E-state index < -0.39 is 11.8 Å². The zero-order valence-electron chi connectivity index (χ0n) is 19.5. The molecule has 0 bridgehead atoms. The Kier molecular flexibility index (Phi) is 7.19. The molecule has 1 aliphatic rings. The topological polar surface area (TPSA) is 82.9 Å². The molecule has 170 valence electrons. The van der Waals surface area contributed by atoms with Crippen molar-refractivity contribution < 1.29 is 19.1 Å². The van der Waals surface area contributed by atoms with Crippen LogP contribution in [0.25, 0.3) is 6.08 Å². The Hall–Kier alpha value is -4.05. The third kappa shape index (κ3) is 4.90. The van der Waals surface area contributed by atoms with Crippen LogP contribution >= 0.6 is 0 Å². The number of nitrogens with zero attached hydrogens (tertiary/aromatic N) is 3. The van der Waals surface area contributed by atoms with Gasteiger partial charge in [-0.2, -0.15) is 5.26 Å². The van der Waals surface area contributed by atoms with Gasteiger partial charge in [-0.15, -0.1) is 0 Å². The van der Waals surface area contributed by atoms with Gasteiger partial charge >= 0.3 is 0 Å². The maximum absolute atomic E-state index is 13.3. The average Bonchev–Trinajstić information content (AvgIpc) is 2.82. The summed E-state index contributed by atoms with van der Waals surface area (Å²) in [5.74, 6) is 0.193. The molecule has 7 nitrogen and oxygen atoms in total. The Balaban J connectivity index is 1.90. The first-order chi connectivity index (χ1) is 15.8. The van der Waals surface area contributed by atoms with E-state index in [1.807, 2.05) is 61.5 Å². The van der Waals surface area contributed by atoms with E-state index in [1.54, 1.807) is 33.3 Å². The minimum absolute atomic E-state index is 0.0157. The largest absolute Gasteiger partial charge is 0.493 e. The second-order valence-corrected chi connectivity index (χ2v) is 7.86. The summed E-state index contributed by atoms with van der Waals surface area (Å²) in [6.45, 7) is 1.78. The van der Waals surface area contributed by atoms with Gasteiger partial charge < -0.3 is 14.4 Å². The van der Waals surface area contributed by atoms with E-state index >= 15 is 0 Å². The van der Waals surface area contributed by atoms with Gasteiger partial charge in [0.05, 0.1) is 14.2 Å². The van der Waals surface area contributed by atoms with E-state index in [-0.39, 0.29) is 12.1 Å². The molecule has 7 heteroatoms. The fraction of sp³-hybridized carbons (Fsp3) is 0.269. The van der Waals surface area contributed by atoms with Crippen molar-refractivity contribution in [2.24, 2.45) is 0 Å². The van der Waals surface area contributed by atoms with Crippen LogP contribution in [0.1, 0.15) is 18.1 Å². The lowest BCUT2D eigenvalue weighted by Crippen LogP contribution is -2.43. The number of ether oxygens (including phenoxy) is 2. The van der Waals surface area contributed by atoms with Crippen LogP contribution in [0.5, 0.6) is 11.5 Å². The molecule has 0 saturated carbocycles. The van der Waals surface area contributed by atoms with Crippen LogP contribution in [-0.2, 0) is 16.0 Å². The van der Waals surface area contributed by atoms with E-state index in [1.165, 1.54) is 0 Å². The van der Waals surface area contributed by atoms with Gasteiger partial charge in [0.15, 0.2) is 11.5 Å². The molecule has 0 spiro atoms. The predicted octanol–water partition coefficient (Wildman–Crippen LogP) is 3.60. The Morgan fingerprint density at radius 3 is 2.24 bits per heavy atom. The predicted molar refractivity (Wildman–Crippen MR) is 127 cm³/mol. The highest BCUT2D eigenvalue weighted by Crippen LogP contribution is 2.30. The van der Waals surface area contributed by atoms with E-state index in [0.717, 1.165) is 21.7 Å². The van der Waals surface area contributed by atoms with Gasteiger partial charge in [-0.1, -0.05) is 18.2 Å². The number of rotatable bonds is 7. The van der Waals surface area contributed by atoms with Gasteiger partial charge in [-0.25, -0.2) is 0 Å². The molecule has 0 fully saturated rings. The normalized spacial score (nSPS) is 15.0. The van der Waals surface area contributed by atoms with Crippen molar-refractivity contribution in [3.05, 3.63) is 70.3 Å². The number of nitriles is 1. The summed E-state index contributed by atoms with van der Waals surface area (Å²) in [4.78, 5) is 29.3. The van der Waals surface area contributed by atoms with Crippen LogP contribution < -0.4 is 14.4 Å². The summed E-state index contributed by atoms with van der Waals surface area (Å²) >= 11 is 0.